The van der Waals surface area contributed by atoms with Crippen molar-refractivity contribution in [2.24, 2.45) is 5.92 Å². The number of hydrogen-bond donors (Lipinski definition) is 3. The summed E-state index contributed by atoms with van der Waals surface area (Å²) >= 11 is 0. The number of anilines is 2. The summed E-state index contributed by atoms with van der Waals surface area (Å²) in [5.41, 5.74) is 5.32. The highest BCUT2D eigenvalue weighted by Gasteiger charge is 2.50. The van der Waals surface area contributed by atoms with Crippen molar-refractivity contribution in [1.82, 2.24) is 20.3 Å². The van der Waals surface area contributed by atoms with E-state index in [2.05, 4.69) is 34.7 Å². The molecule has 1 saturated heterocycles. The number of ether oxygens (including phenoxy) is 2. The molecular weight excluding hydrogens is 702 g/mol. The summed E-state index contributed by atoms with van der Waals surface area (Å²) in [6.07, 6.45) is 5.67. The fourth-order valence-corrected chi connectivity index (χ4v) is 11.0. The van der Waals surface area contributed by atoms with Crippen LogP contribution in [-0.4, -0.2) is 84.1 Å². The molecule has 10 nitrogen and oxygen atoms in total. The van der Waals surface area contributed by atoms with Crippen LogP contribution in [-0.2, 0) is 28.9 Å². The normalized spacial score (nSPS) is 22.0. The molecule has 0 saturated carbocycles. The van der Waals surface area contributed by atoms with Crippen molar-refractivity contribution in [2.75, 3.05) is 31.3 Å². The molecule has 290 valence electrons. The lowest BCUT2D eigenvalue weighted by Crippen LogP contribution is -2.49. The smallest absolute Gasteiger partial charge is 0.249 e. The quantitative estimate of drug-likeness (QED) is 0.0581. The molecule has 4 aromatic rings. The van der Waals surface area contributed by atoms with Gasteiger partial charge in [0.15, 0.2) is 0 Å². The van der Waals surface area contributed by atoms with E-state index in [-0.39, 0.29) is 48.7 Å². The van der Waals surface area contributed by atoms with E-state index >= 15 is 4.11 Å². The molecule has 54 heavy (non-hydrogen) atoms. The van der Waals surface area contributed by atoms with Crippen LogP contribution in [0.1, 0.15) is 67.8 Å². The third kappa shape index (κ3) is 9.28. The maximum absolute atomic E-state index is 16.0. The molecule has 2 unspecified atom stereocenters. The van der Waals surface area contributed by atoms with Crippen LogP contribution >= 0.6 is 0 Å². The van der Waals surface area contributed by atoms with Gasteiger partial charge in [0, 0.05) is 30.6 Å². The van der Waals surface area contributed by atoms with Gasteiger partial charge in [-0.1, -0.05) is 54.6 Å². The molecule has 1 amide bonds. The summed E-state index contributed by atoms with van der Waals surface area (Å²) in [6.45, 7) is 9.47. The molecule has 6 rings (SSSR count). The average Bonchev–Trinajstić information content (AvgIpc) is 3.76. The van der Waals surface area contributed by atoms with Crippen LogP contribution in [0.2, 0.25) is 18.6 Å². The summed E-state index contributed by atoms with van der Waals surface area (Å²) in [7, 11) is -3.08. The van der Waals surface area contributed by atoms with Gasteiger partial charge in [0.1, 0.15) is 5.75 Å². The van der Waals surface area contributed by atoms with Crippen LogP contribution in [0, 0.1) is 5.92 Å². The van der Waals surface area contributed by atoms with Gasteiger partial charge in [-0.15, -0.1) is 5.10 Å². The number of rotatable bonds is 18. The number of aliphatic hydroxyl groups excluding tert-OH is 2. The summed E-state index contributed by atoms with van der Waals surface area (Å²) in [6, 6.07) is 23.5. The molecule has 3 N–H and O–H groups in total. The number of aliphatic hydroxyl groups is 2. The fourth-order valence-electron chi connectivity index (χ4n) is 8.43. The lowest BCUT2D eigenvalue weighted by Gasteiger charge is -2.35. The zero-order chi connectivity index (χ0) is 38.2. The number of benzene rings is 3. The second-order valence-corrected chi connectivity index (χ2v) is 19.0. The predicted molar refractivity (Wildman–Crippen MR) is 212 cm³/mol. The number of amides is 1. The summed E-state index contributed by atoms with van der Waals surface area (Å²) < 4.78 is 30.3. The Bertz CT molecular complexity index is 1820. The Kier molecular flexibility index (Phi) is 13.3. The second kappa shape index (κ2) is 18.1. The lowest BCUT2D eigenvalue weighted by molar-refractivity contribution is -0.120. The number of nitrogens with zero attached hydrogens (tertiary/aromatic N) is 4. The number of hydrogen-bond acceptors (Lipinski definition) is 8. The van der Waals surface area contributed by atoms with Crippen molar-refractivity contribution < 1.29 is 28.6 Å². The van der Waals surface area contributed by atoms with Crippen LogP contribution in [0.15, 0.2) is 79.0 Å². The molecule has 6 atom stereocenters. The van der Waals surface area contributed by atoms with Gasteiger partial charge in [0.2, 0.25) is 14.3 Å². The highest BCUT2D eigenvalue weighted by Crippen LogP contribution is 2.47. The van der Waals surface area contributed by atoms with E-state index in [4.69, 9.17) is 9.47 Å². The second-order valence-electron chi connectivity index (χ2n) is 15.3. The van der Waals surface area contributed by atoms with Crippen molar-refractivity contribution in [3.05, 3.63) is 101 Å². The number of carbonyl (C=O) groups is 1. The van der Waals surface area contributed by atoms with E-state index < -0.39 is 14.4 Å². The first kappa shape index (κ1) is 39.7. The monoisotopic (exact) mass is 757 g/mol. The van der Waals surface area contributed by atoms with E-state index in [9.17, 15) is 15.0 Å². The summed E-state index contributed by atoms with van der Waals surface area (Å²) in [4.78, 5) is 15.9. The Morgan fingerprint density at radius 1 is 1.04 bits per heavy atom. The van der Waals surface area contributed by atoms with Crippen LogP contribution in [0.3, 0.4) is 0 Å². The van der Waals surface area contributed by atoms with E-state index in [0.717, 1.165) is 53.1 Å². The van der Waals surface area contributed by atoms with Crippen molar-refractivity contribution in [1.29, 1.82) is 0 Å². The Morgan fingerprint density at radius 3 is 2.59 bits per heavy atom. The topological polar surface area (TPSA) is 122 Å². The number of unbranched alkanes of at least 4 members (excludes halogenated alkanes) is 1. The minimum Gasteiger partial charge on any atom is -0.494 e. The van der Waals surface area contributed by atoms with Gasteiger partial charge in [-0.3, -0.25) is 14.4 Å². The van der Waals surface area contributed by atoms with Gasteiger partial charge < -0.3 is 29.1 Å². The fraction of sp³-hybridized carbons (Fsp3) is 0.500. The van der Waals surface area contributed by atoms with E-state index in [1.165, 1.54) is 0 Å². The number of aromatic nitrogens is 3. The number of halogens is 1. The van der Waals surface area contributed by atoms with Gasteiger partial charge in [-0.2, -0.15) is 0 Å². The molecule has 0 aliphatic carbocycles. The minimum atomic E-state index is -3.08. The maximum Gasteiger partial charge on any atom is 0.249 e. The van der Waals surface area contributed by atoms with Gasteiger partial charge >= 0.3 is 0 Å². The third-order valence-electron chi connectivity index (χ3n) is 11.0. The zero-order valence-corrected chi connectivity index (χ0v) is 33.0. The minimum absolute atomic E-state index is 0.00664. The van der Waals surface area contributed by atoms with Crippen molar-refractivity contribution in [3.8, 4) is 5.75 Å². The Hall–Kier alpha value is -3.94. The molecule has 3 heterocycles. The molecule has 3 aromatic carbocycles. The van der Waals surface area contributed by atoms with E-state index in [0.29, 0.717) is 44.7 Å². The van der Waals surface area contributed by atoms with Crippen LogP contribution in [0.5, 0.6) is 5.75 Å². The lowest BCUT2D eigenvalue weighted by atomic mass is 9.94. The van der Waals surface area contributed by atoms with Crippen LogP contribution < -0.4 is 15.0 Å². The molecule has 0 radical (unpaired) electrons. The first-order valence-electron chi connectivity index (χ1n) is 19.5. The molecule has 1 fully saturated rings. The molecule has 1 aromatic heterocycles. The van der Waals surface area contributed by atoms with Crippen molar-refractivity contribution >= 4 is 25.7 Å². The van der Waals surface area contributed by atoms with Crippen molar-refractivity contribution in [3.63, 3.8) is 0 Å². The van der Waals surface area contributed by atoms with Gasteiger partial charge in [-0.25, -0.2) is 0 Å². The third-order valence-corrected chi connectivity index (χ3v) is 13.5. The number of nitrogens with one attached hydrogen (secondary N) is 1. The Balaban J connectivity index is 1.14. The number of fused-ring (bicyclic) bond motifs is 1. The Labute approximate surface area is 319 Å². The first-order chi connectivity index (χ1) is 26.1. The molecular formula is C42H56FN5O5Si. The predicted octanol–water partition coefficient (Wildman–Crippen LogP) is 6.72. The van der Waals surface area contributed by atoms with E-state index in [1.807, 2.05) is 78.7 Å². The molecule has 0 bridgehead atoms. The van der Waals surface area contributed by atoms with Crippen LogP contribution in [0.4, 0.5) is 15.5 Å². The van der Waals surface area contributed by atoms with Gasteiger partial charge in [-0.05, 0) is 118 Å². The average molecular weight is 758 g/mol. The molecule has 0 spiro atoms. The summed E-state index contributed by atoms with van der Waals surface area (Å²) in [5, 5.41) is 31.5. The summed E-state index contributed by atoms with van der Waals surface area (Å²) in [5.74, 6) is 0.574. The van der Waals surface area contributed by atoms with Gasteiger partial charge in [0.25, 0.3) is 0 Å². The SMILES string of the molecule is CCOc1ccc2c(c1)CC(NCCCCO)C(=O)N2c1cccc(CC[C@@H]2O[C@H](CCn3cc(C(CO)c4ccccc4)nn3)[C@@H]([Si](C)(C)F)[C@@H]2C)c1. The van der Waals surface area contributed by atoms with Crippen molar-refractivity contribution in [2.45, 2.75) is 102 Å². The zero-order valence-electron chi connectivity index (χ0n) is 32.0. The highest BCUT2D eigenvalue weighted by molar-refractivity contribution is 6.72. The highest BCUT2D eigenvalue weighted by atomic mass is 28.4. The maximum atomic E-state index is 16.0. The van der Waals surface area contributed by atoms with E-state index in [1.54, 1.807) is 17.8 Å². The number of carbonyl (C=O) groups excluding carboxylic acids is 1. The van der Waals surface area contributed by atoms with Gasteiger partial charge in [0.05, 0.1) is 48.8 Å². The number of aryl methyl sites for hydroxylation is 2. The Morgan fingerprint density at radius 2 is 1.85 bits per heavy atom. The van der Waals surface area contributed by atoms with Crippen LogP contribution in [0.25, 0.3) is 0 Å². The molecule has 12 heteroatoms. The molecule has 2 aliphatic heterocycles. The first-order valence-corrected chi connectivity index (χ1v) is 22.5. The standard InChI is InChI=1S/C42H56FN5O5Si/c1-5-52-34-17-18-38-32(25-34)26-36(44-21-9-10-23-49)42(51)48(38)33-15-11-12-30(24-33)16-19-39-29(2)41(54(3,4)43)40(53-39)20-22-47-27-37(45-46-47)35(28-50)31-13-7-6-8-14-31/h6-8,11-15,17-18,24-25,27,29,35-36,39-41,44,49-50H,5,9-10,16,19-23,26,28H2,1-4H3/t29-,35?,36?,39+,40-,41+/m1/s1. The molecule has 2 aliphatic rings. The largest absolute Gasteiger partial charge is 0.494 e.